The first kappa shape index (κ1) is 17.4. The van der Waals surface area contributed by atoms with Crippen LogP contribution in [0.15, 0.2) is 23.1 Å². The molecule has 0 aliphatic rings. The topological polar surface area (TPSA) is 98.5 Å². The molecule has 0 radical (unpaired) electrons. The second-order valence-electron chi connectivity index (χ2n) is 4.91. The normalized spacial score (nSPS) is 11.6. The summed E-state index contributed by atoms with van der Waals surface area (Å²) in [4.78, 5) is 10.4. The van der Waals surface area contributed by atoms with Crippen molar-refractivity contribution in [3.63, 3.8) is 0 Å². The van der Waals surface area contributed by atoms with Crippen LogP contribution in [0.3, 0.4) is 0 Å². The summed E-state index contributed by atoms with van der Waals surface area (Å²) in [6.45, 7) is 4.93. The Morgan fingerprint density at radius 2 is 2.05 bits per heavy atom. The minimum Gasteiger partial charge on any atom is -0.379 e. The second-order valence-corrected chi connectivity index (χ2v) is 6.92. The van der Waals surface area contributed by atoms with E-state index in [1.165, 1.54) is 12.1 Å². The van der Waals surface area contributed by atoms with E-state index >= 15 is 0 Å². The molecule has 0 spiro atoms. The molecule has 118 valence electrons. The average Bonchev–Trinajstić information content (AvgIpc) is 2.36. The Morgan fingerprint density at radius 1 is 1.38 bits per heavy atom. The molecule has 1 aromatic carbocycles. The first-order valence-electron chi connectivity index (χ1n) is 6.56. The highest BCUT2D eigenvalue weighted by Gasteiger charge is 2.18. The van der Waals surface area contributed by atoms with E-state index in [0.29, 0.717) is 25.3 Å². The predicted octanol–water partition coefficient (Wildman–Crippen LogP) is 2.23. The van der Waals surface area contributed by atoms with Crippen molar-refractivity contribution in [1.82, 2.24) is 0 Å². The van der Waals surface area contributed by atoms with Crippen LogP contribution < -0.4 is 5.32 Å². The molecule has 8 heteroatoms. The SMILES string of the molecule is CC(C)OCCCNc1ccc(S(C)(=O)=O)cc1[N+](=O)[O-]. The van der Waals surface area contributed by atoms with E-state index in [1.54, 1.807) is 0 Å². The van der Waals surface area contributed by atoms with E-state index in [2.05, 4.69) is 5.32 Å². The van der Waals surface area contributed by atoms with Crippen LogP contribution in [-0.4, -0.2) is 38.9 Å². The van der Waals surface area contributed by atoms with Gasteiger partial charge in [-0.05, 0) is 32.4 Å². The van der Waals surface area contributed by atoms with Crippen molar-refractivity contribution >= 4 is 21.2 Å². The molecule has 1 N–H and O–H groups in total. The third-order valence-corrected chi connectivity index (χ3v) is 3.79. The number of ether oxygens (including phenoxy) is 1. The Morgan fingerprint density at radius 3 is 2.57 bits per heavy atom. The zero-order valence-corrected chi connectivity index (χ0v) is 13.1. The molecule has 1 aromatic rings. The summed E-state index contributed by atoms with van der Waals surface area (Å²) in [6.07, 6.45) is 1.86. The maximum atomic E-state index is 11.4. The molecule has 0 saturated carbocycles. The van der Waals surface area contributed by atoms with E-state index in [1.807, 2.05) is 13.8 Å². The summed E-state index contributed by atoms with van der Waals surface area (Å²) in [5, 5.41) is 14.0. The van der Waals surface area contributed by atoms with Gasteiger partial charge in [-0.3, -0.25) is 10.1 Å². The van der Waals surface area contributed by atoms with Crippen molar-refractivity contribution in [3.8, 4) is 0 Å². The fourth-order valence-electron chi connectivity index (χ4n) is 1.66. The lowest BCUT2D eigenvalue weighted by Crippen LogP contribution is -2.10. The van der Waals surface area contributed by atoms with Crippen LogP contribution in [0.1, 0.15) is 20.3 Å². The highest BCUT2D eigenvalue weighted by Crippen LogP contribution is 2.27. The molecule has 1 rings (SSSR count). The zero-order valence-electron chi connectivity index (χ0n) is 12.3. The number of anilines is 1. The molecular formula is C13H20N2O5S. The molecule has 0 heterocycles. The minimum atomic E-state index is -3.47. The molecule has 0 atom stereocenters. The first-order valence-corrected chi connectivity index (χ1v) is 8.45. The number of benzene rings is 1. The monoisotopic (exact) mass is 316 g/mol. The Labute approximate surface area is 124 Å². The van der Waals surface area contributed by atoms with Gasteiger partial charge in [0, 0.05) is 25.5 Å². The third-order valence-electron chi connectivity index (χ3n) is 2.68. The van der Waals surface area contributed by atoms with Crippen LogP contribution in [-0.2, 0) is 14.6 Å². The molecule has 7 nitrogen and oxygen atoms in total. The number of nitrogens with zero attached hydrogens (tertiary/aromatic N) is 1. The van der Waals surface area contributed by atoms with Gasteiger partial charge in [0.25, 0.3) is 5.69 Å². The van der Waals surface area contributed by atoms with Crippen molar-refractivity contribution in [1.29, 1.82) is 0 Å². The number of rotatable bonds is 8. The Kier molecular flexibility index (Phi) is 6.10. The van der Waals surface area contributed by atoms with Gasteiger partial charge < -0.3 is 10.1 Å². The van der Waals surface area contributed by atoms with Gasteiger partial charge in [-0.15, -0.1) is 0 Å². The van der Waals surface area contributed by atoms with E-state index in [9.17, 15) is 18.5 Å². The van der Waals surface area contributed by atoms with Crippen LogP contribution >= 0.6 is 0 Å². The number of hydrogen-bond donors (Lipinski definition) is 1. The molecule has 0 fully saturated rings. The molecule has 21 heavy (non-hydrogen) atoms. The van der Waals surface area contributed by atoms with Gasteiger partial charge in [-0.2, -0.15) is 0 Å². The van der Waals surface area contributed by atoms with Crippen molar-refractivity contribution in [2.45, 2.75) is 31.3 Å². The molecular weight excluding hydrogens is 296 g/mol. The first-order chi connectivity index (χ1) is 9.71. The number of sulfone groups is 1. The maximum Gasteiger partial charge on any atom is 0.293 e. The number of nitro benzene ring substituents is 1. The summed E-state index contributed by atoms with van der Waals surface area (Å²) < 4.78 is 28.2. The van der Waals surface area contributed by atoms with Crippen LogP contribution in [0.25, 0.3) is 0 Å². The second kappa shape index (κ2) is 7.37. The van der Waals surface area contributed by atoms with Gasteiger partial charge in [0.1, 0.15) is 5.69 Å². The van der Waals surface area contributed by atoms with Gasteiger partial charge in [-0.1, -0.05) is 0 Å². The van der Waals surface area contributed by atoms with E-state index in [0.717, 1.165) is 12.3 Å². The number of nitro groups is 1. The molecule has 0 amide bonds. The smallest absolute Gasteiger partial charge is 0.293 e. The number of nitrogens with one attached hydrogen (secondary N) is 1. The highest BCUT2D eigenvalue weighted by atomic mass is 32.2. The standard InChI is InChI=1S/C13H20N2O5S/c1-10(2)20-8-4-7-14-12-6-5-11(21(3,18)19)9-13(12)15(16)17/h5-6,9-10,14H,4,7-8H2,1-3H3. The van der Waals surface area contributed by atoms with Crippen molar-refractivity contribution in [2.75, 3.05) is 24.7 Å². The van der Waals surface area contributed by atoms with Crippen molar-refractivity contribution < 1.29 is 18.1 Å². The fraction of sp³-hybridized carbons (Fsp3) is 0.538. The molecule has 0 bridgehead atoms. The van der Waals surface area contributed by atoms with Gasteiger partial charge in [0.15, 0.2) is 9.84 Å². The zero-order chi connectivity index (χ0) is 16.0. The fourth-order valence-corrected chi connectivity index (χ4v) is 2.30. The van der Waals surface area contributed by atoms with Gasteiger partial charge >= 0.3 is 0 Å². The van der Waals surface area contributed by atoms with E-state index in [-0.39, 0.29) is 16.7 Å². The van der Waals surface area contributed by atoms with Crippen LogP contribution in [0, 0.1) is 10.1 Å². The Hall–Kier alpha value is -1.67. The number of hydrogen-bond acceptors (Lipinski definition) is 6. The largest absolute Gasteiger partial charge is 0.379 e. The highest BCUT2D eigenvalue weighted by molar-refractivity contribution is 7.90. The Bertz CT molecular complexity index is 599. The van der Waals surface area contributed by atoms with Crippen molar-refractivity contribution in [3.05, 3.63) is 28.3 Å². The van der Waals surface area contributed by atoms with E-state index in [4.69, 9.17) is 4.74 Å². The average molecular weight is 316 g/mol. The van der Waals surface area contributed by atoms with Crippen molar-refractivity contribution in [2.24, 2.45) is 0 Å². The maximum absolute atomic E-state index is 11.4. The summed E-state index contributed by atoms with van der Waals surface area (Å²) in [7, 11) is -3.47. The summed E-state index contributed by atoms with van der Waals surface area (Å²) >= 11 is 0. The molecule has 0 aliphatic heterocycles. The van der Waals surface area contributed by atoms with Crippen LogP contribution in [0.5, 0.6) is 0 Å². The van der Waals surface area contributed by atoms with Gasteiger partial charge in [0.05, 0.1) is 15.9 Å². The molecule has 0 saturated heterocycles. The lowest BCUT2D eigenvalue weighted by Gasteiger charge is -2.10. The van der Waals surface area contributed by atoms with Gasteiger partial charge in [0.2, 0.25) is 0 Å². The predicted molar refractivity (Wildman–Crippen MR) is 80.4 cm³/mol. The van der Waals surface area contributed by atoms with Crippen LogP contribution in [0.4, 0.5) is 11.4 Å². The van der Waals surface area contributed by atoms with E-state index < -0.39 is 14.8 Å². The summed E-state index contributed by atoms with van der Waals surface area (Å²) in [5.74, 6) is 0. The summed E-state index contributed by atoms with van der Waals surface area (Å²) in [6, 6.07) is 3.84. The van der Waals surface area contributed by atoms with Gasteiger partial charge in [-0.25, -0.2) is 8.42 Å². The lowest BCUT2D eigenvalue weighted by atomic mass is 10.2. The lowest BCUT2D eigenvalue weighted by molar-refractivity contribution is -0.384. The summed E-state index contributed by atoms with van der Waals surface area (Å²) in [5.41, 5.74) is 0.0552. The molecule has 0 aromatic heterocycles. The third kappa shape index (κ3) is 5.68. The quantitative estimate of drug-likeness (QED) is 0.448. The Balaban J connectivity index is 2.76. The molecule has 0 unspecified atom stereocenters. The van der Waals surface area contributed by atoms with Crippen LogP contribution in [0.2, 0.25) is 0 Å². The minimum absolute atomic E-state index is 0.0668. The molecule has 0 aliphatic carbocycles.